The number of hydroxylamine groups is 1. The van der Waals surface area contributed by atoms with E-state index >= 15 is 0 Å². The van der Waals surface area contributed by atoms with Crippen molar-refractivity contribution in [2.75, 3.05) is 11.9 Å². The first kappa shape index (κ1) is 32.3. The summed E-state index contributed by atoms with van der Waals surface area (Å²) in [5.41, 5.74) is 5.99. The molecule has 3 rings (SSSR count). The first-order valence-electron chi connectivity index (χ1n) is 12.5. The van der Waals surface area contributed by atoms with Crippen LogP contribution in [-0.2, 0) is 16.1 Å². The van der Waals surface area contributed by atoms with Crippen LogP contribution < -0.4 is 21.4 Å². The second-order valence-corrected chi connectivity index (χ2v) is 8.96. The lowest BCUT2D eigenvalue weighted by molar-refractivity contribution is -0.133. The lowest BCUT2D eigenvalue weighted by Crippen LogP contribution is -2.51. The largest absolute Gasteiger partial charge is 0.391 e. The number of aryl methyl sites for hydroxylation is 1. The molecule has 0 spiro atoms. The lowest BCUT2D eigenvalue weighted by Gasteiger charge is -2.19. The van der Waals surface area contributed by atoms with Crippen LogP contribution in [0.3, 0.4) is 0 Å². The first-order chi connectivity index (χ1) is 19.2. The smallest absolute Gasteiger partial charge is 0.268 e. The summed E-state index contributed by atoms with van der Waals surface area (Å²) in [6, 6.07) is 20.2. The Labute approximate surface area is 240 Å². The van der Waals surface area contributed by atoms with E-state index in [1.54, 1.807) is 36.4 Å². The number of rotatable bonds is 9. The topological polar surface area (TPSA) is 140 Å². The predicted molar refractivity (Wildman–Crippen MR) is 158 cm³/mol. The molecule has 0 radical (unpaired) electrons. The molecule has 3 amide bonds. The van der Waals surface area contributed by atoms with Gasteiger partial charge >= 0.3 is 0 Å². The summed E-state index contributed by atoms with van der Waals surface area (Å²) in [6.07, 6.45) is -1.20. The van der Waals surface area contributed by atoms with E-state index in [0.717, 1.165) is 11.1 Å². The maximum Gasteiger partial charge on any atom is 0.268 e. The Kier molecular flexibility index (Phi) is 12.8. The number of carbonyl (C=O) groups excluding carboxylic acids is 3. The van der Waals surface area contributed by atoms with Gasteiger partial charge in [-0.05, 0) is 79.8 Å². The number of amides is 3. The molecule has 0 aromatic heterocycles. The van der Waals surface area contributed by atoms with Crippen LogP contribution in [0.15, 0.2) is 72.8 Å². The monoisotopic (exact) mass is 554 g/mol. The predicted octanol–water partition coefficient (Wildman–Crippen LogP) is 2.75. The van der Waals surface area contributed by atoms with E-state index in [2.05, 4.69) is 45.7 Å². The molecule has 0 aliphatic rings. The minimum Gasteiger partial charge on any atom is -0.391 e. The van der Waals surface area contributed by atoms with Gasteiger partial charge in [0.25, 0.3) is 11.8 Å². The number of hydrogen-bond acceptors (Lipinski definition) is 6. The third-order valence-corrected chi connectivity index (χ3v) is 5.65. The highest BCUT2D eigenvalue weighted by Crippen LogP contribution is 2.09. The van der Waals surface area contributed by atoms with E-state index in [1.165, 1.54) is 30.1 Å². The zero-order valence-electron chi connectivity index (χ0n) is 22.1. The number of benzene rings is 3. The molecule has 0 saturated heterocycles. The molecule has 9 nitrogen and oxygen atoms in total. The van der Waals surface area contributed by atoms with E-state index in [0.29, 0.717) is 17.8 Å². The van der Waals surface area contributed by atoms with Crippen molar-refractivity contribution in [2.24, 2.45) is 0 Å². The van der Waals surface area contributed by atoms with Gasteiger partial charge in [0.2, 0.25) is 5.91 Å². The summed E-state index contributed by atoms with van der Waals surface area (Å²) in [5.74, 6) is 9.68. The number of nitrogens with one attached hydrogen (secondary N) is 4. The molecule has 0 bridgehead atoms. The number of aliphatic hydroxyl groups is 1. The maximum absolute atomic E-state index is 12.3. The molecule has 0 aliphatic carbocycles. The molecule has 0 unspecified atom stereocenters. The molecular weight excluding hydrogens is 520 g/mol. The molecule has 3 aromatic rings. The molecule has 212 valence electrons. The average Bonchev–Trinajstić information content (AvgIpc) is 2.94. The Morgan fingerprint density at radius 3 is 2.07 bits per heavy atom. The standard InChI is InChI=1S/C31H30N4O5.CH4/c1-21-6-5-9-25(18-21)19-32-20-28(37)33-27-16-12-24(13-17-27)8-4-3-7-23-10-14-26(15-11-23)30(38)34-29(22(2)36)31(39)35-40;/h5-6,9-18,22,29,32,36,40H,19-20H2,1-2H3,(H,33,37)(H,34,38)(H,35,39);1H4/t22-,29+;/m1./s1. The molecule has 0 heterocycles. The Morgan fingerprint density at radius 2 is 1.51 bits per heavy atom. The van der Waals surface area contributed by atoms with Gasteiger partial charge in [-0.1, -0.05) is 49.1 Å². The van der Waals surface area contributed by atoms with Gasteiger partial charge in [0.1, 0.15) is 6.04 Å². The van der Waals surface area contributed by atoms with Gasteiger partial charge in [-0.2, -0.15) is 0 Å². The van der Waals surface area contributed by atoms with Crippen molar-refractivity contribution in [3.63, 3.8) is 0 Å². The normalized spacial score (nSPS) is 11.2. The Bertz CT molecular complexity index is 1460. The highest BCUT2D eigenvalue weighted by atomic mass is 16.5. The summed E-state index contributed by atoms with van der Waals surface area (Å²) >= 11 is 0. The summed E-state index contributed by atoms with van der Waals surface area (Å²) in [7, 11) is 0. The maximum atomic E-state index is 12.3. The molecule has 41 heavy (non-hydrogen) atoms. The number of anilines is 1. The summed E-state index contributed by atoms with van der Waals surface area (Å²) in [5, 5.41) is 26.7. The molecule has 0 aliphatic heterocycles. The van der Waals surface area contributed by atoms with Gasteiger partial charge in [0.15, 0.2) is 0 Å². The second-order valence-electron chi connectivity index (χ2n) is 8.96. The van der Waals surface area contributed by atoms with Crippen LogP contribution in [0.2, 0.25) is 0 Å². The molecule has 0 saturated carbocycles. The van der Waals surface area contributed by atoms with Gasteiger partial charge in [0, 0.05) is 28.9 Å². The number of aliphatic hydroxyl groups excluding tert-OH is 1. The van der Waals surface area contributed by atoms with Crippen LogP contribution in [0, 0.1) is 30.6 Å². The first-order valence-corrected chi connectivity index (χ1v) is 12.5. The molecule has 0 fully saturated rings. The highest BCUT2D eigenvalue weighted by molar-refractivity contribution is 5.97. The average molecular weight is 555 g/mol. The highest BCUT2D eigenvalue weighted by Gasteiger charge is 2.25. The summed E-state index contributed by atoms with van der Waals surface area (Å²) in [4.78, 5) is 36.1. The summed E-state index contributed by atoms with van der Waals surface area (Å²) in [6.45, 7) is 4.15. The minimum absolute atomic E-state index is 0. The molecule has 2 atom stereocenters. The third-order valence-electron chi connectivity index (χ3n) is 5.65. The van der Waals surface area contributed by atoms with Crippen LogP contribution in [0.4, 0.5) is 5.69 Å². The second kappa shape index (κ2) is 16.2. The van der Waals surface area contributed by atoms with Crippen molar-refractivity contribution < 1.29 is 24.7 Å². The SMILES string of the molecule is C.Cc1cccc(CNCC(=O)Nc2ccc(C#CC#Cc3ccc(C(=O)N[C@H](C(=O)NO)[C@@H](C)O)cc3)cc2)c1. The fourth-order valence-electron chi connectivity index (χ4n) is 3.60. The summed E-state index contributed by atoms with van der Waals surface area (Å²) < 4.78 is 0. The van der Waals surface area contributed by atoms with E-state index in [9.17, 15) is 19.5 Å². The molecule has 6 N–H and O–H groups in total. The number of hydrogen-bond donors (Lipinski definition) is 6. The Hall–Kier alpha value is -4.93. The molecule has 3 aromatic carbocycles. The van der Waals surface area contributed by atoms with E-state index in [1.807, 2.05) is 25.1 Å². The zero-order chi connectivity index (χ0) is 28.9. The van der Waals surface area contributed by atoms with Gasteiger partial charge in [0.05, 0.1) is 12.6 Å². The van der Waals surface area contributed by atoms with Crippen LogP contribution in [0.5, 0.6) is 0 Å². The van der Waals surface area contributed by atoms with Crippen molar-refractivity contribution in [3.05, 3.63) is 101 Å². The number of carbonyl (C=O) groups is 3. The fourth-order valence-corrected chi connectivity index (χ4v) is 3.60. The van der Waals surface area contributed by atoms with Crippen molar-refractivity contribution >= 4 is 23.4 Å². The quantitative estimate of drug-likeness (QED) is 0.137. The van der Waals surface area contributed by atoms with E-state index in [4.69, 9.17) is 5.21 Å². The van der Waals surface area contributed by atoms with E-state index in [-0.39, 0.29) is 25.4 Å². The van der Waals surface area contributed by atoms with Gasteiger partial charge in [-0.15, -0.1) is 0 Å². The van der Waals surface area contributed by atoms with Crippen molar-refractivity contribution in [2.45, 2.75) is 40.0 Å². The fraction of sp³-hybridized carbons (Fsp3) is 0.219. The van der Waals surface area contributed by atoms with Gasteiger partial charge in [-0.3, -0.25) is 19.6 Å². The lowest BCUT2D eigenvalue weighted by atomic mass is 10.1. The van der Waals surface area contributed by atoms with Crippen LogP contribution in [0.1, 0.15) is 47.0 Å². The van der Waals surface area contributed by atoms with E-state index < -0.39 is 24.0 Å². The zero-order valence-corrected chi connectivity index (χ0v) is 22.1. The Balaban J connectivity index is 0.00000588. The minimum atomic E-state index is -1.30. The van der Waals surface area contributed by atoms with Crippen LogP contribution >= 0.6 is 0 Å². The van der Waals surface area contributed by atoms with Gasteiger partial charge in [-0.25, -0.2) is 5.48 Å². The molecule has 9 heteroatoms. The van der Waals surface area contributed by atoms with Crippen LogP contribution in [0.25, 0.3) is 0 Å². The molecular formula is C32H34N4O5. The van der Waals surface area contributed by atoms with Crippen LogP contribution in [-0.4, -0.2) is 46.7 Å². The van der Waals surface area contributed by atoms with Crippen molar-refractivity contribution in [1.29, 1.82) is 0 Å². The van der Waals surface area contributed by atoms with Crippen molar-refractivity contribution in [3.8, 4) is 23.7 Å². The Morgan fingerprint density at radius 1 is 0.902 bits per heavy atom. The third kappa shape index (κ3) is 10.6. The van der Waals surface area contributed by atoms with Gasteiger partial charge < -0.3 is 21.1 Å². The van der Waals surface area contributed by atoms with Crippen molar-refractivity contribution in [1.82, 2.24) is 16.1 Å².